The van der Waals surface area contributed by atoms with E-state index in [1.807, 2.05) is 0 Å². The van der Waals surface area contributed by atoms with Gasteiger partial charge in [0.05, 0.1) is 12.4 Å². The molecule has 1 aromatic heterocycles. The van der Waals surface area contributed by atoms with Gasteiger partial charge in [-0.2, -0.15) is 0 Å². The summed E-state index contributed by atoms with van der Waals surface area (Å²) in [5, 5.41) is 0. The van der Waals surface area contributed by atoms with Crippen molar-refractivity contribution in [3.63, 3.8) is 0 Å². The summed E-state index contributed by atoms with van der Waals surface area (Å²) in [6.07, 6.45) is -3.93. The summed E-state index contributed by atoms with van der Waals surface area (Å²) in [6.45, 7) is 0. The molecule has 0 aliphatic carbocycles. The van der Waals surface area contributed by atoms with Gasteiger partial charge in [-0.3, -0.25) is 9.78 Å². The quantitative estimate of drug-likeness (QED) is 0.768. The lowest BCUT2D eigenvalue weighted by atomic mass is 10.2. The molecule has 1 rings (SSSR count). The molecule has 1 amide bonds. The molecule has 0 saturated carbocycles. The smallest absolute Gasteiger partial charge is 0.403 e. The number of alkyl halides is 3. The fraction of sp³-hybridized carbons (Fsp3) is 0.143. The second-order valence-electron chi connectivity index (χ2n) is 2.41. The van der Waals surface area contributed by atoms with E-state index in [9.17, 15) is 22.4 Å². The average molecular weight is 224 g/mol. The predicted octanol–water partition coefficient (Wildman–Crippen LogP) is 1.22. The Bertz CT molecular complexity index is 391. The lowest BCUT2D eigenvalue weighted by molar-refractivity contribution is -0.274. The zero-order valence-electron chi connectivity index (χ0n) is 7.01. The van der Waals surface area contributed by atoms with Gasteiger partial charge in [0.1, 0.15) is 5.56 Å². The summed E-state index contributed by atoms with van der Waals surface area (Å²) in [7, 11) is 0. The Morgan fingerprint density at radius 1 is 1.40 bits per heavy atom. The number of nitrogens with zero attached hydrogens (tertiary/aromatic N) is 1. The minimum atomic E-state index is -5.04. The number of hydrogen-bond acceptors (Lipinski definition) is 3. The van der Waals surface area contributed by atoms with Crippen molar-refractivity contribution in [1.82, 2.24) is 4.98 Å². The first-order valence-electron chi connectivity index (χ1n) is 3.50. The molecule has 8 heteroatoms. The normalized spacial score (nSPS) is 11.2. The number of pyridine rings is 1. The highest BCUT2D eigenvalue weighted by molar-refractivity contribution is 5.95. The maximum Gasteiger partial charge on any atom is 0.573 e. The maximum atomic E-state index is 12.9. The zero-order valence-corrected chi connectivity index (χ0v) is 7.01. The number of primary amides is 1. The standard InChI is InChI=1S/C7H4F4N2O2/c8-3-1-13-2-4(5(3)6(12)14)15-7(9,10)11/h1-2H,(H2,12,14). The highest BCUT2D eigenvalue weighted by atomic mass is 19.4. The van der Waals surface area contributed by atoms with Crippen LogP contribution in [-0.2, 0) is 0 Å². The van der Waals surface area contributed by atoms with E-state index in [1.54, 1.807) is 0 Å². The van der Waals surface area contributed by atoms with Crippen molar-refractivity contribution in [3.05, 3.63) is 23.8 Å². The average Bonchev–Trinajstić information content (AvgIpc) is 1.99. The van der Waals surface area contributed by atoms with Gasteiger partial charge in [-0.25, -0.2) is 4.39 Å². The summed E-state index contributed by atoms with van der Waals surface area (Å²) < 4.78 is 51.6. The van der Waals surface area contributed by atoms with Gasteiger partial charge in [0.15, 0.2) is 11.6 Å². The number of ether oxygens (including phenoxy) is 1. The Hall–Kier alpha value is -1.86. The summed E-state index contributed by atoms with van der Waals surface area (Å²) in [6, 6.07) is 0. The summed E-state index contributed by atoms with van der Waals surface area (Å²) in [5.74, 6) is -3.70. The van der Waals surface area contributed by atoms with Crippen LogP contribution >= 0.6 is 0 Å². The SMILES string of the molecule is NC(=O)c1c(F)cncc1OC(F)(F)F. The van der Waals surface area contributed by atoms with E-state index in [0.29, 0.717) is 12.4 Å². The number of rotatable bonds is 2. The molecule has 0 saturated heterocycles. The Labute approximate surface area is 80.7 Å². The third-order valence-corrected chi connectivity index (χ3v) is 1.34. The van der Waals surface area contributed by atoms with Crippen LogP contribution in [0.2, 0.25) is 0 Å². The van der Waals surface area contributed by atoms with Gasteiger partial charge < -0.3 is 10.5 Å². The van der Waals surface area contributed by atoms with Gasteiger partial charge >= 0.3 is 6.36 Å². The second-order valence-corrected chi connectivity index (χ2v) is 2.41. The van der Waals surface area contributed by atoms with E-state index >= 15 is 0 Å². The number of halogens is 4. The molecule has 0 radical (unpaired) electrons. The largest absolute Gasteiger partial charge is 0.573 e. The number of carbonyl (C=O) groups is 1. The number of hydrogen-bond donors (Lipinski definition) is 1. The van der Waals surface area contributed by atoms with Gasteiger partial charge in [0, 0.05) is 0 Å². The minimum Gasteiger partial charge on any atom is -0.403 e. The summed E-state index contributed by atoms with van der Waals surface area (Å²) in [5.41, 5.74) is 3.70. The van der Waals surface area contributed by atoms with Crippen molar-refractivity contribution in [2.75, 3.05) is 0 Å². The molecule has 0 unspecified atom stereocenters. The van der Waals surface area contributed by atoms with Crippen LogP contribution in [0.5, 0.6) is 5.75 Å². The molecular weight excluding hydrogens is 220 g/mol. The molecule has 1 aromatic rings. The van der Waals surface area contributed by atoms with Crippen molar-refractivity contribution >= 4 is 5.91 Å². The molecule has 0 fully saturated rings. The second kappa shape index (κ2) is 3.71. The van der Waals surface area contributed by atoms with Crippen LogP contribution in [-0.4, -0.2) is 17.3 Å². The molecule has 0 atom stereocenters. The first kappa shape index (κ1) is 11.2. The van der Waals surface area contributed by atoms with E-state index < -0.39 is 29.4 Å². The van der Waals surface area contributed by atoms with Gasteiger partial charge in [-0.1, -0.05) is 0 Å². The first-order chi connectivity index (χ1) is 6.81. The molecule has 0 bridgehead atoms. The molecule has 0 aromatic carbocycles. The van der Waals surface area contributed by atoms with Crippen molar-refractivity contribution in [1.29, 1.82) is 0 Å². The minimum absolute atomic E-state index is 0.552. The number of amides is 1. The first-order valence-corrected chi connectivity index (χ1v) is 3.50. The van der Waals surface area contributed by atoms with Gasteiger partial charge in [-0.05, 0) is 0 Å². The lowest BCUT2D eigenvalue weighted by Gasteiger charge is -2.10. The molecule has 82 valence electrons. The van der Waals surface area contributed by atoms with Gasteiger partial charge in [0.2, 0.25) is 0 Å². The third kappa shape index (κ3) is 2.79. The van der Waals surface area contributed by atoms with E-state index in [-0.39, 0.29) is 0 Å². The molecule has 1 heterocycles. The van der Waals surface area contributed by atoms with E-state index in [0.717, 1.165) is 0 Å². The van der Waals surface area contributed by atoms with Crippen LogP contribution in [0.15, 0.2) is 12.4 Å². The molecule has 2 N–H and O–H groups in total. The highest BCUT2D eigenvalue weighted by Gasteiger charge is 2.33. The molecule has 0 aliphatic heterocycles. The fourth-order valence-electron chi connectivity index (χ4n) is 0.858. The van der Waals surface area contributed by atoms with Crippen molar-refractivity contribution in [3.8, 4) is 5.75 Å². The summed E-state index contributed by atoms with van der Waals surface area (Å²) in [4.78, 5) is 13.7. The van der Waals surface area contributed by atoms with E-state index in [1.165, 1.54) is 0 Å². The van der Waals surface area contributed by atoms with Crippen molar-refractivity contribution in [2.24, 2.45) is 5.73 Å². The number of aromatic nitrogens is 1. The monoisotopic (exact) mass is 224 g/mol. The zero-order chi connectivity index (χ0) is 11.6. The number of nitrogens with two attached hydrogens (primary N) is 1. The summed E-state index contributed by atoms with van der Waals surface area (Å²) >= 11 is 0. The Balaban J connectivity index is 3.18. The topological polar surface area (TPSA) is 65.2 Å². The molecular formula is C7H4F4N2O2. The predicted molar refractivity (Wildman–Crippen MR) is 39.4 cm³/mol. The Morgan fingerprint density at radius 2 is 2.00 bits per heavy atom. The maximum absolute atomic E-state index is 12.9. The number of carbonyl (C=O) groups excluding carboxylic acids is 1. The molecule has 4 nitrogen and oxygen atoms in total. The van der Waals surface area contributed by atoms with Crippen LogP contribution in [0.25, 0.3) is 0 Å². The Morgan fingerprint density at radius 3 is 2.47 bits per heavy atom. The van der Waals surface area contributed by atoms with Crippen LogP contribution in [0.3, 0.4) is 0 Å². The fourth-order valence-corrected chi connectivity index (χ4v) is 0.858. The van der Waals surface area contributed by atoms with Crippen LogP contribution in [0.4, 0.5) is 17.6 Å². The van der Waals surface area contributed by atoms with Crippen LogP contribution < -0.4 is 10.5 Å². The van der Waals surface area contributed by atoms with E-state index in [2.05, 4.69) is 15.5 Å². The lowest BCUT2D eigenvalue weighted by Crippen LogP contribution is -2.22. The molecule has 0 spiro atoms. The Kier molecular flexibility index (Phi) is 2.78. The molecule has 15 heavy (non-hydrogen) atoms. The van der Waals surface area contributed by atoms with Crippen molar-refractivity contribution < 1.29 is 27.1 Å². The van der Waals surface area contributed by atoms with Gasteiger partial charge in [-0.15, -0.1) is 13.2 Å². The van der Waals surface area contributed by atoms with Gasteiger partial charge in [0.25, 0.3) is 5.91 Å². The van der Waals surface area contributed by atoms with Crippen molar-refractivity contribution in [2.45, 2.75) is 6.36 Å². The van der Waals surface area contributed by atoms with E-state index in [4.69, 9.17) is 0 Å². The molecule has 0 aliphatic rings. The highest BCUT2D eigenvalue weighted by Crippen LogP contribution is 2.26. The van der Waals surface area contributed by atoms with Crippen LogP contribution in [0.1, 0.15) is 10.4 Å². The third-order valence-electron chi connectivity index (χ3n) is 1.34. The van der Waals surface area contributed by atoms with Crippen LogP contribution in [0, 0.1) is 5.82 Å².